The SMILES string of the molecule is Cc1cc(-n2c(N3CCN(Cc4ccc(S(=O)(=O)C5CC5)cc4)C3=O)nc3c(c2=O)CCN(C(=O)c2cc4cc(C5CCOCC5)ccc4n2[C@@]2(c4noc(=O)[nH]4)C[C@@H]2C)[C@@H]3C)cc(C)c1F. The summed E-state index contributed by atoms with van der Waals surface area (Å²) >= 11 is 0. The van der Waals surface area contributed by atoms with Crippen LogP contribution >= 0.6 is 0 Å². The molecule has 0 bridgehead atoms. The summed E-state index contributed by atoms with van der Waals surface area (Å²) in [5.74, 6) is -0.705. The van der Waals surface area contributed by atoms with Crippen molar-refractivity contribution in [3.8, 4) is 5.69 Å². The van der Waals surface area contributed by atoms with Gasteiger partial charge in [-0.15, -0.1) is 0 Å². The number of fused-ring (bicyclic) bond motifs is 2. The number of amides is 3. The number of ether oxygens (including phenoxy) is 1. The fourth-order valence-electron chi connectivity index (χ4n) is 10.8. The van der Waals surface area contributed by atoms with Crippen LogP contribution in [0.15, 0.2) is 79.7 Å². The number of benzene rings is 3. The van der Waals surface area contributed by atoms with E-state index in [1.165, 1.54) is 9.47 Å². The number of urea groups is 1. The van der Waals surface area contributed by atoms with E-state index < -0.39 is 44.6 Å². The second-order valence-corrected chi connectivity index (χ2v) is 21.2. The number of H-pyrrole nitrogens is 1. The fraction of sp³-hybridized carbons (Fsp3) is 0.429. The van der Waals surface area contributed by atoms with Gasteiger partial charge in [-0.3, -0.25) is 24.0 Å². The molecule has 1 N–H and O–H groups in total. The van der Waals surface area contributed by atoms with E-state index in [1.54, 1.807) is 60.0 Å². The summed E-state index contributed by atoms with van der Waals surface area (Å²) in [5, 5.41) is 4.67. The third kappa shape index (κ3) is 7.04. The monoisotopic (exact) mass is 930 g/mol. The highest BCUT2D eigenvalue weighted by molar-refractivity contribution is 7.92. The van der Waals surface area contributed by atoms with Crippen LogP contribution in [0.2, 0.25) is 0 Å². The summed E-state index contributed by atoms with van der Waals surface area (Å²) in [6.45, 7) is 9.31. The number of aromatic nitrogens is 5. The average Bonchev–Trinajstić information content (AvgIpc) is 4.16. The third-order valence-electron chi connectivity index (χ3n) is 14.8. The van der Waals surface area contributed by atoms with Crippen molar-refractivity contribution in [1.82, 2.24) is 34.1 Å². The van der Waals surface area contributed by atoms with Gasteiger partial charge in [0.1, 0.15) is 17.1 Å². The van der Waals surface area contributed by atoms with Crippen molar-refractivity contribution in [2.45, 2.75) is 100 Å². The summed E-state index contributed by atoms with van der Waals surface area (Å²) in [7, 11) is -3.38. The zero-order valence-corrected chi connectivity index (χ0v) is 38.6. The number of aryl methyl sites for hydroxylation is 2. The lowest BCUT2D eigenvalue weighted by Crippen LogP contribution is -2.45. The van der Waals surface area contributed by atoms with Crippen molar-refractivity contribution in [3.05, 3.63) is 132 Å². The lowest BCUT2D eigenvalue weighted by molar-refractivity contribution is 0.0658. The quantitative estimate of drug-likeness (QED) is 0.160. The summed E-state index contributed by atoms with van der Waals surface area (Å²) in [6, 6.07) is 16.8. The highest BCUT2D eigenvalue weighted by Gasteiger charge is 2.59. The molecule has 2 saturated heterocycles. The summed E-state index contributed by atoms with van der Waals surface area (Å²) in [6.07, 6.45) is 3.86. The Kier molecular flexibility index (Phi) is 10.2. The van der Waals surface area contributed by atoms with Gasteiger partial charge in [0, 0.05) is 55.9 Å². The van der Waals surface area contributed by atoms with Crippen molar-refractivity contribution >= 4 is 38.6 Å². The summed E-state index contributed by atoms with van der Waals surface area (Å²) in [4.78, 5) is 70.1. The van der Waals surface area contributed by atoms with E-state index in [-0.39, 0.29) is 60.5 Å². The first-order valence-corrected chi connectivity index (χ1v) is 24.6. The molecule has 67 heavy (non-hydrogen) atoms. The number of aromatic amines is 1. The van der Waals surface area contributed by atoms with Crippen molar-refractivity contribution in [3.63, 3.8) is 0 Å². The molecule has 3 atom stereocenters. The normalized spacial score (nSPS) is 22.2. The average molecular weight is 931 g/mol. The molecule has 3 aromatic heterocycles. The third-order valence-corrected chi connectivity index (χ3v) is 17.1. The number of hydrogen-bond acceptors (Lipinski definition) is 10. The van der Waals surface area contributed by atoms with Crippen molar-refractivity contribution in [2.24, 2.45) is 5.92 Å². The van der Waals surface area contributed by atoms with Crippen LogP contribution in [-0.2, 0) is 33.1 Å². The minimum atomic E-state index is -3.38. The molecular formula is C49H51FN8O8S. The van der Waals surface area contributed by atoms with Gasteiger partial charge in [0.25, 0.3) is 11.5 Å². The lowest BCUT2D eigenvalue weighted by Gasteiger charge is -2.36. The largest absolute Gasteiger partial charge is 0.438 e. The Balaban J connectivity index is 0.974. The van der Waals surface area contributed by atoms with Crippen LogP contribution in [0.3, 0.4) is 0 Å². The molecule has 6 aromatic rings. The Hall–Kier alpha value is -6.40. The van der Waals surface area contributed by atoms with Crippen LogP contribution in [0.1, 0.15) is 108 Å². The minimum Gasteiger partial charge on any atom is -0.381 e. The maximum atomic E-state index is 15.3. The van der Waals surface area contributed by atoms with Crippen molar-refractivity contribution < 1.29 is 31.7 Å². The van der Waals surface area contributed by atoms with E-state index in [2.05, 4.69) is 22.3 Å². The number of halogens is 1. The predicted octanol–water partition coefficient (Wildman–Crippen LogP) is 6.43. The summed E-state index contributed by atoms with van der Waals surface area (Å²) in [5.41, 5.74) is 3.56. The van der Waals surface area contributed by atoms with Gasteiger partial charge >= 0.3 is 11.8 Å². The fourth-order valence-corrected chi connectivity index (χ4v) is 12.4. The second kappa shape index (κ2) is 15.9. The number of carbonyl (C=O) groups excluding carboxylic acids is 2. The van der Waals surface area contributed by atoms with E-state index in [0.717, 1.165) is 34.9 Å². The minimum absolute atomic E-state index is 0.00750. The van der Waals surface area contributed by atoms with E-state index in [9.17, 15) is 22.8 Å². The molecule has 3 amide bonds. The molecule has 3 aromatic carbocycles. The van der Waals surface area contributed by atoms with E-state index >= 15 is 9.18 Å². The number of hydrogen-bond donors (Lipinski definition) is 1. The molecule has 4 fully saturated rings. The zero-order chi connectivity index (χ0) is 46.7. The zero-order valence-electron chi connectivity index (χ0n) is 37.8. The first kappa shape index (κ1) is 43.2. The van der Waals surface area contributed by atoms with Crippen molar-refractivity contribution in [1.29, 1.82) is 0 Å². The van der Waals surface area contributed by atoms with Gasteiger partial charge in [0.15, 0.2) is 15.7 Å². The number of rotatable bonds is 10. The van der Waals surface area contributed by atoms with E-state index in [4.69, 9.17) is 14.2 Å². The first-order valence-electron chi connectivity index (χ1n) is 23.1. The number of nitrogens with zero attached hydrogens (tertiary/aromatic N) is 7. The van der Waals surface area contributed by atoms with Crippen LogP contribution in [0.4, 0.5) is 15.1 Å². The molecule has 3 aliphatic heterocycles. The number of carbonyl (C=O) groups is 2. The maximum absolute atomic E-state index is 15.3. The standard InChI is InChI=1S/C49H51FN8O8S/c1-27-21-35(22-28(2)41(27)50)57-43(59)38-13-16-55(30(4)42(38)51-46(57)56-18-17-54(48(56)62)26-31-5-8-36(9-6-31)67(63,64)37-10-11-37)44(60)40-24-34-23-33(32-14-19-65-20-15-32)7-12-39(34)58(40)49(25-29(49)3)45-52-47(61)66-53-45/h5-9,12,21-24,29-30,32,37H,10-11,13-20,25-26H2,1-4H3,(H,52,53,61)/t29-,30+,49-/m0/s1. The molecular weight excluding hydrogens is 880 g/mol. The molecule has 0 radical (unpaired) electrons. The highest BCUT2D eigenvalue weighted by Crippen LogP contribution is 2.56. The van der Waals surface area contributed by atoms with Crippen LogP contribution in [0.5, 0.6) is 0 Å². The Morgan fingerprint density at radius 2 is 1.64 bits per heavy atom. The maximum Gasteiger partial charge on any atom is 0.438 e. The number of nitrogens with one attached hydrogen (secondary N) is 1. The van der Waals surface area contributed by atoms with Gasteiger partial charge in [0.2, 0.25) is 5.95 Å². The van der Waals surface area contributed by atoms with Crippen LogP contribution < -0.4 is 16.2 Å². The van der Waals surface area contributed by atoms with Gasteiger partial charge < -0.3 is 19.1 Å². The number of sulfone groups is 1. The van der Waals surface area contributed by atoms with Crippen LogP contribution in [0, 0.1) is 25.6 Å². The van der Waals surface area contributed by atoms with E-state index in [1.807, 2.05) is 30.5 Å². The van der Waals surface area contributed by atoms with Gasteiger partial charge in [-0.2, -0.15) is 0 Å². The predicted molar refractivity (Wildman–Crippen MR) is 245 cm³/mol. The molecule has 5 aliphatic rings. The van der Waals surface area contributed by atoms with Gasteiger partial charge in [-0.05, 0) is 136 Å². The topological polar surface area (TPSA) is 186 Å². The molecule has 11 rings (SSSR count). The first-order chi connectivity index (χ1) is 32.1. The Bertz CT molecular complexity index is 3230. The Labute approximate surface area is 385 Å². The molecule has 348 valence electrons. The highest BCUT2D eigenvalue weighted by atomic mass is 32.2. The smallest absolute Gasteiger partial charge is 0.381 e. The second-order valence-electron chi connectivity index (χ2n) is 19.0. The molecule has 0 spiro atoms. The summed E-state index contributed by atoms with van der Waals surface area (Å²) < 4.78 is 54.8. The Morgan fingerprint density at radius 1 is 0.925 bits per heavy atom. The molecule has 16 nitrogen and oxygen atoms in total. The Morgan fingerprint density at radius 3 is 2.30 bits per heavy atom. The molecule has 0 unspecified atom stereocenters. The molecule has 6 heterocycles. The number of anilines is 1. The van der Waals surface area contributed by atoms with Gasteiger partial charge in [-0.25, -0.2) is 31.9 Å². The van der Waals surface area contributed by atoms with Crippen LogP contribution in [-0.4, -0.2) is 92.5 Å². The van der Waals surface area contributed by atoms with E-state index in [0.29, 0.717) is 78.0 Å². The molecule has 2 aliphatic carbocycles. The molecule has 18 heteroatoms. The van der Waals surface area contributed by atoms with Crippen LogP contribution in [0.25, 0.3) is 16.6 Å². The molecule has 2 saturated carbocycles. The lowest BCUT2D eigenvalue weighted by atomic mass is 9.91. The van der Waals surface area contributed by atoms with Crippen molar-refractivity contribution in [2.75, 3.05) is 37.7 Å². The van der Waals surface area contributed by atoms with Gasteiger partial charge in [0.05, 0.1) is 27.6 Å². The van der Waals surface area contributed by atoms with Gasteiger partial charge in [-0.1, -0.05) is 30.3 Å².